The fourth-order valence-electron chi connectivity index (χ4n) is 2.63. The van der Waals surface area contributed by atoms with Crippen molar-refractivity contribution in [2.75, 3.05) is 46.8 Å². The molecule has 0 bridgehead atoms. The molecule has 0 saturated carbocycles. The Balaban J connectivity index is 2.01. The molecule has 1 unspecified atom stereocenters. The molecule has 1 saturated heterocycles. The zero-order chi connectivity index (χ0) is 13.4. The number of likely N-dealkylation sites (N-methyl/N-ethyl adjacent to an activating group) is 1. The van der Waals surface area contributed by atoms with Gasteiger partial charge in [0.2, 0.25) is 0 Å². The van der Waals surface area contributed by atoms with Gasteiger partial charge in [0.05, 0.1) is 0 Å². The summed E-state index contributed by atoms with van der Waals surface area (Å²) in [6.45, 7) is 10.7. The number of unbranched alkanes of at least 4 members (excludes halogenated alkanes) is 1. The summed E-state index contributed by atoms with van der Waals surface area (Å²) in [5.74, 6) is 0.771. The zero-order valence-corrected chi connectivity index (χ0v) is 12.9. The number of piperidine rings is 1. The third-order valence-corrected chi connectivity index (χ3v) is 3.84. The predicted molar refractivity (Wildman–Crippen MR) is 80.1 cm³/mol. The van der Waals surface area contributed by atoms with Crippen LogP contribution >= 0.6 is 0 Å². The van der Waals surface area contributed by atoms with Gasteiger partial charge < -0.3 is 15.1 Å². The van der Waals surface area contributed by atoms with Gasteiger partial charge in [-0.05, 0) is 71.9 Å². The van der Waals surface area contributed by atoms with E-state index in [1.54, 1.807) is 0 Å². The first kappa shape index (κ1) is 15.9. The highest BCUT2D eigenvalue weighted by molar-refractivity contribution is 4.77. The number of nitrogens with zero attached hydrogens (tertiary/aromatic N) is 2. The smallest absolute Gasteiger partial charge is 0.0217 e. The molecule has 0 aromatic heterocycles. The van der Waals surface area contributed by atoms with E-state index in [9.17, 15) is 0 Å². The molecular weight excluding hydrogens is 222 g/mol. The van der Waals surface area contributed by atoms with Crippen molar-refractivity contribution in [2.24, 2.45) is 5.92 Å². The zero-order valence-electron chi connectivity index (χ0n) is 12.9. The Morgan fingerprint density at radius 2 is 2.06 bits per heavy atom. The topological polar surface area (TPSA) is 18.5 Å². The molecule has 0 spiro atoms. The van der Waals surface area contributed by atoms with Crippen molar-refractivity contribution < 1.29 is 0 Å². The molecule has 108 valence electrons. The van der Waals surface area contributed by atoms with Gasteiger partial charge in [0.25, 0.3) is 0 Å². The Labute approximate surface area is 114 Å². The molecule has 0 amide bonds. The lowest BCUT2D eigenvalue weighted by Crippen LogP contribution is -2.45. The third kappa shape index (κ3) is 6.72. The Morgan fingerprint density at radius 1 is 1.28 bits per heavy atom. The maximum atomic E-state index is 3.52. The van der Waals surface area contributed by atoms with Crippen molar-refractivity contribution in [3.8, 4) is 0 Å². The standard InChI is InChI=1S/C15H33N3/c1-14(2)12-16-9-5-6-10-18-11-7-8-15(13-18)17(3)4/h14-16H,5-13H2,1-4H3. The van der Waals surface area contributed by atoms with Crippen LogP contribution in [0.15, 0.2) is 0 Å². The Kier molecular flexibility index (Phi) is 7.87. The summed E-state index contributed by atoms with van der Waals surface area (Å²) >= 11 is 0. The molecule has 0 aromatic rings. The highest BCUT2D eigenvalue weighted by Gasteiger charge is 2.20. The van der Waals surface area contributed by atoms with Gasteiger partial charge >= 0.3 is 0 Å². The van der Waals surface area contributed by atoms with Crippen LogP contribution in [0.2, 0.25) is 0 Å². The van der Waals surface area contributed by atoms with Crippen LogP contribution < -0.4 is 5.32 Å². The van der Waals surface area contributed by atoms with Gasteiger partial charge in [0, 0.05) is 12.6 Å². The van der Waals surface area contributed by atoms with Gasteiger partial charge in [-0.2, -0.15) is 0 Å². The van der Waals surface area contributed by atoms with Gasteiger partial charge in [-0.15, -0.1) is 0 Å². The van der Waals surface area contributed by atoms with Crippen molar-refractivity contribution in [3.05, 3.63) is 0 Å². The molecule has 1 aliphatic rings. The van der Waals surface area contributed by atoms with Crippen molar-refractivity contribution in [3.63, 3.8) is 0 Å². The molecule has 1 rings (SSSR count). The van der Waals surface area contributed by atoms with E-state index >= 15 is 0 Å². The lowest BCUT2D eigenvalue weighted by molar-refractivity contribution is 0.131. The molecule has 1 N–H and O–H groups in total. The van der Waals surface area contributed by atoms with Crippen LogP contribution in [0.3, 0.4) is 0 Å². The summed E-state index contributed by atoms with van der Waals surface area (Å²) in [7, 11) is 4.42. The summed E-state index contributed by atoms with van der Waals surface area (Å²) in [5.41, 5.74) is 0. The molecule has 1 aliphatic heterocycles. The summed E-state index contributed by atoms with van der Waals surface area (Å²) in [6, 6.07) is 0.776. The Hall–Kier alpha value is -0.120. The summed E-state index contributed by atoms with van der Waals surface area (Å²) < 4.78 is 0. The maximum absolute atomic E-state index is 3.52. The number of nitrogens with one attached hydrogen (secondary N) is 1. The first-order valence-corrected chi connectivity index (χ1v) is 7.69. The van der Waals surface area contributed by atoms with Crippen LogP contribution in [-0.2, 0) is 0 Å². The van der Waals surface area contributed by atoms with Crippen molar-refractivity contribution in [2.45, 2.75) is 45.6 Å². The monoisotopic (exact) mass is 255 g/mol. The number of hydrogen-bond donors (Lipinski definition) is 1. The van der Waals surface area contributed by atoms with Crippen molar-refractivity contribution in [1.29, 1.82) is 0 Å². The second kappa shape index (κ2) is 8.89. The van der Waals surface area contributed by atoms with Gasteiger partial charge in [0.1, 0.15) is 0 Å². The van der Waals surface area contributed by atoms with Gasteiger partial charge in [-0.25, -0.2) is 0 Å². The fraction of sp³-hybridized carbons (Fsp3) is 1.00. The van der Waals surface area contributed by atoms with Gasteiger partial charge in [-0.1, -0.05) is 13.8 Å². The van der Waals surface area contributed by atoms with Crippen LogP contribution in [0.5, 0.6) is 0 Å². The second-order valence-electron chi connectivity index (χ2n) is 6.37. The molecule has 1 atom stereocenters. The first-order chi connectivity index (χ1) is 8.59. The summed E-state index contributed by atoms with van der Waals surface area (Å²) in [5, 5.41) is 3.52. The van der Waals surface area contributed by atoms with Crippen LogP contribution in [0.4, 0.5) is 0 Å². The van der Waals surface area contributed by atoms with Gasteiger partial charge in [-0.3, -0.25) is 0 Å². The molecule has 0 aliphatic carbocycles. The minimum atomic E-state index is 0.771. The van der Waals surface area contributed by atoms with E-state index in [1.165, 1.54) is 51.9 Å². The third-order valence-electron chi connectivity index (χ3n) is 3.84. The van der Waals surface area contributed by atoms with Crippen LogP contribution in [-0.4, -0.2) is 62.7 Å². The molecule has 0 radical (unpaired) electrons. The van der Waals surface area contributed by atoms with E-state index in [2.05, 4.69) is 43.1 Å². The Morgan fingerprint density at radius 3 is 2.72 bits per heavy atom. The van der Waals surface area contributed by atoms with Gasteiger partial charge in [0.15, 0.2) is 0 Å². The lowest BCUT2D eigenvalue weighted by atomic mass is 10.0. The summed E-state index contributed by atoms with van der Waals surface area (Å²) in [4.78, 5) is 5.03. The largest absolute Gasteiger partial charge is 0.316 e. The van der Waals surface area contributed by atoms with Crippen molar-refractivity contribution in [1.82, 2.24) is 15.1 Å². The number of rotatable bonds is 8. The molecule has 0 aromatic carbocycles. The molecule has 1 fully saturated rings. The van der Waals surface area contributed by atoms with E-state index in [0.717, 1.165) is 18.5 Å². The maximum Gasteiger partial charge on any atom is 0.0217 e. The average molecular weight is 255 g/mol. The minimum Gasteiger partial charge on any atom is -0.316 e. The predicted octanol–water partition coefficient (Wildman–Crippen LogP) is 2.04. The normalized spacial score (nSPS) is 22.0. The molecule has 3 heteroatoms. The number of hydrogen-bond acceptors (Lipinski definition) is 3. The lowest BCUT2D eigenvalue weighted by Gasteiger charge is -2.36. The average Bonchev–Trinajstić information content (AvgIpc) is 2.33. The molecule has 18 heavy (non-hydrogen) atoms. The highest BCUT2D eigenvalue weighted by atomic mass is 15.2. The second-order valence-corrected chi connectivity index (χ2v) is 6.37. The molecule has 1 heterocycles. The molecule has 3 nitrogen and oxygen atoms in total. The van der Waals surface area contributed by atoms with Crippen molar-refractivity contribution >= 4 is 0 Å². The summed E-state index contributed by atoms with van der Waals surface area (Å²) in [6.07, 6.45) is 5.40. The first-order valence-electron chi connectivity index (χ1n) is 7.69. The Bertz CT molecular complexity index is 204. The fourth-order valence-corrected chi connectivity index (χ4v) is 2.63. The van der Waals surface area contributed by atoms with E-state index < -0.39 is 0 Å². The van der Waals surface area contributed by atoms with Crippen LogP contribution in [0, 0.1) is 5.92 Å². The molecular formula is C15H33N3. The van der Waals surface area contributed by atoms with E-state index in [-0.39, 0.29) is 0 Å². The van der Waals surface area contributed by atoms with E-state index in [1.807, 2.05) is 0 Å². The number of likely N-dealkylation sites (tertiary alicyclic amines) is 1. The van der Waals surface area contributed by atoms with E-state index in [0.29, 0.717) is 0 Å². The minimum absolute atomic E-state index is 0.771. The quantitative estimate of drug-likeness (QED) is 0.670. The van der Waals surface area contributed by atoms with E-state index in [4.69, 9.17) is 0 Å². The SMILES string of the molecule is CC(C)CNCCCCN1CCCC(N(C)C)C1. The van der Waals surface area contributed by atoms with Crippen LogP contribution in [0.25, 0.3) is 0 Å². The highest BCUT2D eigenvalue weighted by Crippen LogP contribution is 2.13. The van der Waals surface area contributed by atoms with Crippen LogP contribution in [0.1, 0.15) is 39.5 Å².